The van der Waals surface area contributed by atoms with Crippen molar-refractivity contribution in [2.45, 2.75) is 37.9 Å². The standard InChI is InChI=1S/C11H16N4O4/c1-2-5-7(16)8(17)11(19-5)15-4-14-6-9(15)12-3-13-10(6)18/h4-5,7-8,11-12,16-17H,2-3H2,1H3,(H,13,18)/t5-,7-,8-,11?/m1/s1. The van der Waals surface area contributed by atoms with Crippen LogP contribution in [0.25, 0.3) is 0 Å². The van der Waals surface area contributed by atoms with Crippen molar-refractivity contribution >= 4 is 11.7 Å². The van der Waals surface area contributed by atoms with Gasteiger partial charge < -0.3 is 25.6 Å². The molecule has 8 nitrogen and oxygen atoms in total. The molecular formula is C11H16N4O4. The number of aromatic nitrogens is 2. The van der Waals surface area contributed by atoms with Crippen molar-refractivity contribution in [3.63, 3.8) is 0 Å². The number of hydrogen-bond acceptors (Lipinski definition) is 6. The molecule has 2 aliphatic rings. The Bertz CT molecular complexity index is 503. The minimum Gasteiger partial charge on any atom is -0.388 e. The summed E-state index contributed by atoms with van der Waals surface area (Å²) in [5.74, 6) is 0.226. The molecule has 19 heavy (non-hydrogen) atoms. The molecule has 4 atom stereocenters. The van der Waals surface area contributed by atoms with Crippen LogP contribution in [0.5, 0.6) is 0 Å². The smallest absolute Gasteiger partial charge is 0.275 e. The number of aliphatic hydroxyl groups excluding tert-OH is 2. The van der Waals surface area contributed by atoms with Gasteiger partial charge in [-0.2, -0.15) is 0 Å². The fourth-order valence-electron chi connectivity index (χ4n) is 2.48. The summed E-state index contributed by atoms with van der Waals surface area (Å²) in [5, 5.41) is 25.5. The van der Waals surface area contributed by atoms with E-state index in [9.17, 15) is 15.0 Å². The zero-order valence-electron chi connectivity index (χ0n) is 10.4. The molecule has 104 valence electrons. The first kappa shape index (κ1) is 12.4. The first-order chi connectivity index (χ1) is 9.13. The average molecular weight is 268 g/mol. The number of aliphatic hydroxyl groups is 2. The zero-order chi connectivity index (χ0) is 13.6. The molecule has 1 amide bonds. The molecule has 1 aromatic heterocycles. The monoisotopic (exact) mass is 268 g/mol. The molecule has 0 saturated carbocycles. The lowest BCUT2D eigenvalue weighted by Crippen LogP contribution is -2.36. The van der Waals surface area contributed by atoms with Gasteiger partial charge in [-0.05, 0) is 6.42 Å². The lowest BCUT2D eigenvalue weighted by molar-refractivity contribution is -0.0365. The van der Waals surface area contributed by atoms with Crippen molar-refractivity contribution in [2.24, 2.45) is 0 Å². The Hall–Kier alpha value is -1.64. The largest absolute Gasteiger partial charge is 0.388 e. The maximum Gasteiger partial charge on any atom is 0.275 e. The maximum atomic E-state index is 11.6. The van der Waals surface area contributed by atoms with E-state index in [0.717, 1.165) is 0 Å². The minimum atomic E-state index is -1.05. The lowest BCUT2D eigenvalue weighted by atomic mass is 10.1. The van der Waals surface area contributed by atoms with E-state index in [1.165, 1.54) is 6.33 Å². The van der Waals surface area contributed by atoms with E-state index < -0.39 is 24.5 Å². The molecule has 1 unspecified atom stereocenters. The van der Waals surface area contributed by atoms with Gasteiger partial charge >= 0.3 is 0 Å². The third-order valence-electron chi connectivity index (χ3n) is 3.53. The van der Waals surface area contributed by atoms with Gasteiger partial charge in [-0.3, -0.25) is 9.36 Å². The average Bonchev–Trinajstić information content (AvgIpc) is 2.94. The molecule has 3 rings (SSSR count). The van der Waals surface area contributed by atoms with E-state index >= 15 is 0 Å². The molecule has 1 aromatic rings. The number of anilines is 1. The predicted octanol–water partition coefficient (Wildman–Crippen LogP) is -0.975. The van der Waals surface area contributed by atoms with E-state index in [4.69, 9.17) is 4.74 Å². The topological polar surface area (TPSA) is 109 Å². The molecule has 0 bridgehead atoms. The second-order valence-corrected chi connectivity index (χ2v) is 4.66. The van der Waals surface area contributed by atoms with Crippen LogP contribution in [-0.2, 0) is 4.74 Å². The number of carbonyl (C=O) groups excluding carboxylic acids is 1. The number of carbonyl (C=O) groups is 1. The number of hydrogen-bond donors (Lipinski definition) is 4. The molecule has 2 aliphatic heterocycles. The Labute approximate surface area is 109 Å². The van der Waals surface area contributed by atoms with Crippen LogP contribution in [0.2, 0.25) is 0 Å². The maximum absolute atomic E-state index is 11.6. The second kappa shape index (κ2) is 4.48. The minimum absolute atomic E-state index is 0.261. The van der Waals surface area contributed by atoms with Crippen LogP contribution in [0, 0.1) is 0 Å². The molecule has 4 N–H and O–H groups in total. The number of ether oxygens (including phenoxy) is 1. The summed E-state index contributed by atoms with van der Waals surface area (Å²) in [7, 11) is 0. The van der Waals surface area contributed by atoms with E-state index in [0.29, 0.717) is 18.9 Å². The van der Waals surface area contributed by atoms with Crippen molar-refractivity contribution in [1.82, 2.24) is 14.9 Å². The highest BCUT2D eigenvalue weighted by molar-refractivity contribution is 5.98. The van der Waals surface area contributed by atoms with Gasteiger partial charge in [0.1, 0.15) is 18.0 Å². The van der Waals surface area contributed by atoms with Gasteiger partial charge in [-0.1, -0.05) is 6.92 Å². The van der Waals surface area contributed by atoms with E-state index in [2.05, 4.69) is 15.6 Å². The first-order valence-electron chi connectivity index (χ1n) is 6.24. The van der Waals surface area contributed by atoms with Crippen molar-refractivity contribution < 1.29 is 19.7 Å². The number of nitrogens with zero attached hydrogens (tertiary/aromatic N) is 2. The normalized spacial score (nSPS) is 33.7. The molecule has 1 fully saturated rings. The second-order valence-electron chi connectivity index (χ2n) is 4.66. The summed E-state index contributed by atoms with van der Waals surface area (Å²) in [6.07, 6.45) is -1.12. The number of imidazole rings is 1. The summed E-state index contributed by atoms with van der Waals surface area (Å²) in [6.45, 7) is 2.16. The predicted molar refractivity (Wildman–Crippen MR) is 64.4 cm³/mol. The van der Waals surface area contributed by atoms with E-state index in [1.54, 1.807) is 4.57 Å². The quantitative estimate of drug-likeness (QED) is 0.549. The van der Waals surface area contributed by atoms with Gasteiger partial charge in [0, 0.05) is 0 Å². The van der Waals surface area contributed by atoms with Gasteiger partial charge in [-0.25, -0.2) is 4.98 Å². The van der Waals surface area contributed by atoms with E-state index in [1.807, 2.05) is 6.92 Å². The van der Waals surface area contributed by atoms with Crippen LogP contribution >= 0.6 is 0 Å². The third kappa shape index (κ3) is 1.79. The molecule has 1 saturated heterocycles. The van der Waals surface area contributed by atoms with Crippen LogP contribution < -0.4 is 10.6 Å². The Kier molecular flexibility index (Phi) is 2.92. The Morgan fingerprint density at radius 2 is 2.26 bits per heavy atom. The number of fused-ring (bicyclic) bond motifs is 1. The van der Waals surface area contributed by atoms with E-state index in [-0.39, 0.29) is 11.6 Å². The van der Waals surface area contributed by atoms with Gasteiger partial charge in [0.05, 0.1) is 19.1 Å². The van der Waals surface area contributed by atoms with Gasteiger partial charge in [0.25, 0.3) is 5.91 Å². The van der Waals surface area contributed by atoms with Crippen LogP contribution in [-0.4, -0.2) is 50.7 Å². The molecule has 8 heteroatoms. The molecule has 0 spiro atoms. The fraction of sp³-hybridized carbons (Fsp3) is 0.636. The highest BCUT2D eigenvalue weighted by atomic mass is 16.6. The highest BCUT2D eigenvalue weighted by Crippen LogP contribution is 2.34. The summed E-state index contributed by atoms with van der Waals surface area (Å²) in [4.78, 5) is 15.6. The first-order valence-corrected chi connectivity index (χ1v) is 6.24. The third-order valence-corrected chi connectivity index (χ3v) is 3.53. The summed E-state index contributed by atoms with van der Waals surface area (Å²) in [6, 6.07) is 0. The van der Waals surface area contributed by atoms with Crippen molar-refractivity contribution in [3.05, 3.63) is 12.0 Å². The summed E-state index contributed by atoms with van der Waals surface area (Å²) >= 11 is 0. The zero-order valence-corrected chi connectivity index (χ0v) is 10.4. The van der Waals surface area contributed by atoms with Crippen molar-refractivity contribution in [1.29, 1.82) is 0 Å². The molecule has 3 heterocycles. The molecule has 0 radical (unpaired) electrons. The summed E-state index contributed by atoms with van der Waals surface area (Å²) in [5.41, 5.74) is 0.261. The Morgan fingerprint density at radius 1 is 1.47 bits per heavy atom. The Morgan fingerprint density at radius 3 is 2.95 bits per heavy atom. The molecule has 0 aromatic carbocycles. The van der Waals surface area contributed by atoms with Crippen LogP contribution in [0.4, 0.5) is 5.82 Å². The molecular weight excluding hydrogens is 252 g/mol. The van der Waals surface area contributed by atoms with Crippen LogP contribution in [0.15, 0.2) is 6.33 Å². The number of amides is 1. The fourth-order valence-corrected chi connectivity index (χ4v) is 2.48. The van der Waals surface area contributed by atoms with Gasteiger partial charge in [-0.15, -0.1) is 0 Å². The van der Waals surface area contributed by atoms with Crippen LogP contribution in [0.1, 0.15) is 30.1 Å². The van der Waals surface area contributed by atoms with Gasteiger partial charge in [0.15, 0.2) is 11.9 Å². The van der Waals surface area contributed by atoms with Crippen molar-refractivity contribution in [2.75, 3.05) is 12.0 Å². The number of rotatable bonds is 2. The van der Waals surface area contributed by atoms with Gasteiger partial charge in [0.2, 0.25) is 0 Å². The Balaban J connectivity index is 1.93. The summed E-state index contributed by atoms with van der Waals surface area (Å²) < 4.78 is 7.19. The SMILES string of the molecule is CC[C@H]1OC(n2cnc3c2NCNC3=O)[C@H](O)[C@@H]1O. The van der Waals surface area contributed by atoms with Crippen LogP contribution in [0.3, 0.4) is 0 Å². The lowest BCUT2D eigenvalue weighted by Gasteiger charge is -2.22. The molecule has 0 aliphatic carbocycles. The number of nitrogens with one attached hydrogen (secondary N) is 2. The van der Waals surface area contributed by atoms with Crippen molar-refractivity contribution in [3.8, 4) is 0 Å². The highest BCUT2D eigenvalue weighted by Gasteiger charge is 2.44.